The fourth-order valence-electron chi connectivity index (χ4n) is 3.79. The van der Waals surface area contributed by atoms with E-state index in [0.717, 1.165) is 69.6 Å². The third-order valence-corrected chi connectivity index (χ3v) is 7.49. The van der Waals surface area contributed by atoms with Crippen LogP contribution in [0.25, 0.3) is 22.1 Å². The number of thioether (sulfide) groups is 2. The molecule has 162 valence electrons. The molecule has 0 radical (unpaired) electrons. The van der Waals surface area contributed by atoms with Gasteiger partial charge in [-0.05, 0) is 35.4 Å². The van der Waals surface area contributed by atoms with Crippen LogP contribution in [0, 0.1) is 0 Å². The van der Waals surface area contributed by atoms with E-state index in [1.54, 1.807) is 0 Å². The minimum atomic E-state index is 0.966. The Kier molecular flexibility index (Phi) is 6.80. The van der Waals surface area contributed by atoms with Crippen LogP contribution in [0.5, 0.6) is 0 Å². The number of imidazole rings is 2. The Bertz CT molecular complexity index is 1140. The van der Waals surface area contributed by atoms with Crippen LogP contribution in [0.15, 0.2) is 72.8 Å². The van der Waals surface area contributed by atoms with Crippen LogP contribution in [-0.2, 0) is 24.3 Å². The van der Waals surface area contributed by atoms with Crippen LogP contribution in [-0.4, -0.2) is 31.4 Å². The topological polar surface area (TPSA) is 57.4 Å². The highest BCUT2D eigenvalue weighted by Crippen LogP contribution is 2.22. The third kappa shape index (κ3) is 5.19. The van der Waals surface area contributed by atoms with Crippen molar-refractivity contribution in [2.45, 2.75) is 24.3 Å². The maximum atomic E-state index is 4.68. The van der Waals surface area contributed by atoms with E-state index in [1.807, 2.05) is 47.8 Å². The average molecular weight is 459 g/mol. The molecule has 0 aliphatic heterocycles. The fraction of sp³-hybridized carbons (Fsp3) is 0.231. The maximum Gasteiger partial charge on any atom is 0.108 e. The zero-order valence-electron chi connectivity index (χ0n) is 17.9. The lowest BCUT2D eigenvalue weighted by molar-refractivity contribution is 1.01. The SMILES string of the molecule is c1ccc(CSCCc2nc3ccccc3[nH]2)c(CSCCc2nc3ccccc3[nH]2)c1. The summed E-state index contributed by atoms with van der Waals surface area (Å²) in [6.45, 7) is 0. The molecule has 5 rings (SSSR count). The van der Waals surface area contributed by atoms with Crippen molar-refractivity contribution >= 4 is 45.6 Å². The van der Waals surface area contributed by atoms with Gasteiger partial charge in [0.2, 0.25) is 0 Å². The van der Waals surface area contributed by atoms with Crippen molar-refractivity contribution in [3.8, 4) is 0 Å². The summed E-state index contributed by atoms with van der Waals surface area (Å²) >= 11 is 3.96. The van der Waals surface area contributed by atoms with Crippen LogP contribution in [0.1, 0.15) is 22.8 Å². The molecule has 0 aliphatic rings. The maximum absolute atomic E-state index is 4.68. The van der Waals surface area contributed by atoms with E-state index in [9.17, 15) is 0 Å². The second-order valence-corrected chi connectivity index (χ2v) is 9.99. The average Bonchev–Trinajstić information content (AvgIpc) is 3.43. The van der Waals surface area contributed by atoms with Gasteiger partial charge in [-0.15, -0.1) is 0 Å². The summed E-state index contributed by atoms with van der Waals surface area (Å²) in [4.78, 5) is 16.2. The summed E-state index contributed by atoms with van der Waals surface area (Å²) in [5.74, 6) is 6.36. The van der Waals surface area contributed by atoms with Gasteiger partial charge in [0.1, 0.15) is 11.6 Å². The molecule has 0 saturated heterocycles. The Morgan fingerprint density at radius 2 is 1.00 bits per heavy atom. The summed E-state index contributed by atoms with van der Waals surface area (Å²) in [6.07, 6.45) is 1.93. The van der Waals surface area contributed by atoms with Gasteiger partial charge >= 0.3 is 0 Å². The summed E-state index contributed by atoms with van der Waals surface area (Å²) in [7, 11) is 0. The Labute approximate surface area is 196 Å². The fourth-order valence-corrected chi connectivity index (χ4v) is 5.76. The molecule has 0 spiro atoms. The second kappa shape index (κ2) is 10.3. The summed E-state index contributed by atoms with van der Waals surface area (Å²) in [6, 6.07) is 25.3. The van der Waals surface area contributed by atoms with Gasteiger partial charge in [-0.3, -0.25) is 0 Å². The molecular formula is C26H26N4S2. The van der Waals surface area contributed by atoms with Gasteiger partial charge in [-0.1, -0.05) is 48.5 Å². The number of aromatic amines is 2. The largest absolute Gasteiger partial charge is 0.342 e. The van der Waals surface area contributed by atoms with Gasteiger partial charge in [-0.2, -0.15) is 23.5 Å². The van der Waals surface area contributed by atoms with Gasteiger partial charge in [0.15, 0.2) is 0 Å². The molecule has 2 aromatic heterocycles. The molecule has 2 heterocycles. The second-order valence-electron chi connectivity index (χ2n) is 7.78. The predicted octanol–water partition coefficient (Wildman–Crippen LogP) is 6.39. The number of aryl methyl sites for hydroxylation is 2. The number of hydrogen-bond donors (Lipinski definition) is 2. The van der Waals surface area contributed by atoms with Crippen LogP contribution in [0.4, 0.5) is 0 Å². The lowest BCUT2D eigenvalue weighted by Gasteiger charge is -2.09. The van der Waals surface area contributed by atoms with Crippen LogP contribution >= 0.6 is 23.5 Å². The smallest absolute Gasteiger partial charge is 0.108 e. The highest BCUT2D eigenvalue weighted by atomic mass is 32.2. The molecule has 6 heteroatoms. The number of H-pyrrole nitrogens is 2. The number of aromatic nitrogens is 4. The standard InChI is InChI=1S/C26H26N4S2/c1-2-8-20(18-32-16-14-26-29-23-11-5-6-12-24(23)30-26)19(7-1)17-31-15-13-25-27-21-9-3-4-10-22(21)28-25/h1-12H,13-18H2,(H,27,28)(H,29,30). The quantitative estimate of drug-likeness (QED) is 0.238. The molecule has 4 nitrogen and oxygen atoms in total. The number of benzene rings is 3. The molecule has 0 unspecified atom stereocenters. The van der Waals surface area contributed by atoms with Crippen LogP contribution < -0.4 is 0 Å². The highest BCUT2D eigenvalue weighted by molar-refractivity contribution is 7.98. The molecule has 5 aromatic rings. The molecule has 2 N–H and O–H groups in total. The molecule has 0 fully saturated rings. The van der Waals surface area contributed by atoms with Crippen molar-refractivity contribution in [2.75, 3.05) is 11.5 Å². The number of fused-ring (bicyclic) bond motifs is 2. The van der Waals surface area contributed by atoms with Gasteiger partial charge in [0.05, 0.1) is 22.1 Å². The molecular weight excluding hydrogens is 432 g/mol. The molecule has 3 aromatic carbocycles. The van der Waals surface area contributed by atoms with E-state index in [0.29, 0.717) is 0 Å². The Balaban J connectivity index is 1.08. The molecule has 32 heavy (non-hydrogen) atoms. The molecule has 0 bridgehead atoms. The Morgan fingerprint density at radius 3 is 1.47 bits per heavy atom. The van der Waals surface area contributed by atoms with E-state index < -0.39 is 0 Å². The van der Waals surface area contributed by atoms with E-state index in [2.05, 4.69) is 68.5 Å². The zero-order chi connectivity index (χ0) is 21.6. The first-order valence-corrected chi connectivity index (χ1v) is 13.3. The summed E-state index contributed by atoms with van der Waals surface area (Å²) in [5.41, 5.74) is 7.24. The number of hydrogen-bond acceptors (Lipinski definition) is 4. The van der Waals surface area contributed by atoms with Gasteiger partial charge in [-0.25, -0.2) is 9.97 Å². The normalized spacial score (nSPS) is 11.5. The number of para-hydroxylation sites is 4. The van der Waals surface area contributed by atoms with Gasteiger partial charge < -0.3 is 9.97 Å². The number of nitrogens with zero attached hydrogens (tertiary/aromatic N) is 2. The van der Waals surface area contributed by atoms with Crippen molar-refractivity contribution in [2.24, 2.45) is 0 Å². The van der Waals surface area contributed by atoms with Crippen molar-refractivity contribution in [3.63, 3.8) is 0 Å². The van der Waals surface area contributed by atoms with Gasteiger partial charge in [0.25, 0.3) is 0 Å². The van der Waals surface area contributed by atoms with Crippen molar-refractivity contribution < 1.29 is 0 Å². The first kappa shape index (κ1) is 21.2. The van der Waals surface area contributed by atoms with Crippen LogP contribution in [0.3, 0.4) is 0 Å². The minimum Gasteiger partial charge on any atom is -0.342 e. The van der Waals surface area contributed by atoms with Crippen LogP contribution in [0.2, 0.25) is 0 Å². The molecule has 0 atom stereocenters. The lowest BCUT2D eigenvalue weighted by Crippen LogP contribution is -1.96. The Morgan fingerprint density at radius 1 is 0.562 bits per heavy atom. The zero-order valence-corrected chi connectivity index (χ0v) is 19.5. The number of rotatable bonds is 10. The molecule has 0 aliphatic carbocycles. The van der Waals surface area contributed by atoms with E-state index in [-0.39, 0.29) is 0 Å². The first-order chi connectivity index (χ1) is 15.8. The minimum absolute atomic E-state index is 0.966. The van der Waals surface area contributed by atoms with Gasteiger partial charge in [0, 0.05) is 35.9 Å². The third-order valence-electron chi connectivity index (χ3n) is 5.48. The molecule has 0 amide bonds. The predicted molar refractivity (Wildman–Crippen MR) is 138 cm³/mol. The summed E-state index contributed by atoms with van der Waals surface area (Å²) < 4.78 is 0. The highest BCUT2D eigenvalue weighted by Gasteiger charge is 2.06. The van der Waals surface area contributed by atoms with Crippen molar-refractivity contribution in [1.29, 1.82) is 0 Å². The lowest BCUT2D eigenvalue weighted by atomic mass is 10.1. The summed E-state index contributed by atoms with van der Waals surface area (Å²) in [5, 5.41) is 0. The van der Waals surface area contributed by atoms with Crippen molar-refractivity contribution in [3.05, 3.63) is 95.6 Å². The number of nitrogens with one attached hydrogen (secondary N) is 2. The van der Waals surface area contributed by atoms with E-state index in [1.165, 1.54) is 11.1 Å². The Hall–Kier alpha value is -2.70. The molecule has 0 saturated carbocycles. The van der Waals surface area contributed by atoms with E-state index >= 15 is 0 Å². The van der Waals surface area contributed by atoms with E-state index in [4.69, 9.17) is 0 Å². The van der Waals surface area contributed by atoms with Crippen molar-refractivity contribution in [1.82, 2.24) is 19.9 Å². The monoisotopic (exact) mass is 458 g/mol. The first-order valence-electron chi connectivity index (χ1n) is 10.9.